The van der Waals surface area contributed by atoms with E-state index in [-0.39, 0.29) is 23.6 Å². The summed E-state index contributed by atoms with van der Waals surface area (Å²) in [5.74, 6) is -1.03. The third-order valence-electron chi connectivity index (χ3n) is 4.47. The predicted molar refractivity (Wildman–Crippen MR) is 88.4 cm³/mol. The molecule has 0 aliphatic carbocycles. The van der Waals surface area contributed by atoms with Gasteiger partial charge < -0.3 is 14.5 Å². The van der Waals surface area contributed by atoms with Crippen LogP contribution in [0.5, 0.6) is 0 Å². The predicted octanol–water partition coefficient (Wildman–Crippen LogP) is 2.12. The average Bonchev–Trinajstić information content (AvgIpc) is 3.12. The molecule has 1 aromatic rings. The number of nitrogens with zero attached hydrogens (tertiary/aromatic N) is 2. The molecule has 0 radical (unpaired) electrons. The first-order valence-corrected chi connectivity index (χ1v) is 8.52. The third kappa shape index (κ3) is 3.97. The van der Waals surface area contributed by atoms with E-state index in [1.807, 2.05) is 0 Å². The maximum absolute atomic E-state index is 13.0. The van der Waals surface area contributed by atoms with Gasteiger partial charge in [0.15, 0.2) is 0 Å². The SMILES string of the molecule is CCOC(=O)C1CCCN(C(=O)C2CC(c3ccc(F)cc3)=NO2)C1. The highest BCUT2D eigenvalue weighted by molar-refractivity contribution is 6.04. The number of amides is 1. The molecule has 6 nitrogen and oxygen atoms in total. The van der Waals surface area contributed by atoms with Crippen LogP contribution in [0.4, 0.5) is 4.39 Å². The number of benzene rings is 1. The van der Waals surface area contributed by atoms with Crippen molar-refractivity contribution in [3.05, 3.63) is 35.6 Å². The van der Waals surface area contributed by atoms with Crippen molar-refractivity contribution in [3.63, 3.8) is 0 Å². The summed E-state index contributed by atoms with van der Waals surface area (Å²) in [6.45, 7) is 3.05. The van der Waals surface area contributed by atoms with Crippen molar-refractivity contribution in [2.45, 2.75) is 32.3 Å². The van der Waals surface area contributed by atoms with Crippen LogP contribution in [-0.2, 0) is 19.2 Å². The number of halogens is 1. The van der Waals surface area contributed by atoms with Gasteiger partial charge in [0.2, 0.25) is 6.10 Å². The van der Waals surface area contributed by atoms with Gasteiger partial charge in [-0.2, -0.15) is 0 Å². The Bertz CT molecular complexity index is 674. The number of rotatable bonds is 4. The topological polar surface area (TPSA) is 68.2 Å². The van der Waals surface area contributed by atoms with Crippen molar-refractivity contribution in [2.75, 3.05) is 19.7 Å². The van der Waals surface area contributed by atoms with E-state index in [0.29, 0.717) is 31.8 Å². The molecule has 0 spiro atoms. The molecule has 0 bridgehead atoms. The number of piperidine rings is 1. The summed E-state index contributed by atoms with van der Waals surface area (Å²) < 4.78 is 18.1. The van der Waals surface area contributed by atoms with Crippen molar-refractivity contribution in [1.29, 1.82) is 0 Å². The molecule has 134 valence electrons. The number of oxime groups is 1. The lowest BCUT2D eigenvalue weighted by Gasteiger charge is -2.32. The van der Waals surface area contributed by atoms with Crippen LogP contribution in [0.3, 0.4) is 0 Å². The van der Waals surface area contributed by atoms with E-state index < -0.39 is 6.10 Å². The summed E-state index contributed by atoms with van der Waals surface area (Å²) in [6.07, 6.45) is 1.13. The standard InChI is InChI=1S/C18H21FN2O4/c1-2-24-18(23)13-4-3-9-21(11-13)17(22)16-10-15(20-25-16)12-5-7-14(19)8-6-12/h5-8,13,16H,2-4,9-11H2,1H3. The second-order valence-electron chi connectivity index (χ2n) is 6.22. The highest BCUT2D eigenvalue weighted by Gasteiger charge is 2.36. The lowest BCUT2D eigenvalue weighted by molar-refractivity contribution is -0.153. The summed E-state index contributed by atoms with van der Waals surface area (Å²) in [4.78, 5) is 31.5. The van der Waals surface area contributed by atoms with E-state index in [4.69, 9.17) is 9.57 Å². The van der Waals surface area contributed by atoms with Crippen molar-refractivity contribution < 1.29 is 23.6 Å². The molecule has 1 aromatic carbocycles. The van der Waals surface area contributed by atoms with E-state index >= 15 is 0 Å². The van der Waals surface area contributed by atoms with Crippen LogP contribution in [0, 0.1) is 11.7 Å². The fourth-order valence-corrected chi connectivity index (χ4v) is 3.16. The van der Waals surface area contributed by atoms with Gasteiger partial charge in [-0.05, 0) is 37.5 Å². The lowest BCUT2D eigenvalue weighted by Crippen LogP contribution is -2.47. The van der Waals surface area contributed by atoms with Gasteiger partial charge in [0, 0.05) is 19.5 Å². The van der Waals surface area contributed by atoms with Gasteiger partial charge in [0.05, 0.1) is 18.2 Å². The summed E-state index contributed by atoms with van der Waals surface area (Å²) in [5.41, 5.74) is 1.36. The molecule has 1 saturated heterocycles. The molecule has 0 saturated carbocycles. The Morgan fingerprint density at radius 2 is 2.12 bits per heavy atom. The number of carbonyl (C=O) groups is 2. The van der Waals surface area contributed by atoms with E-state index in [1.54, 1.807) is 24.0 Å². The zero-order chi connectivity index (χ0) is 17.8. The zero-order valence-electron chi connectivity index (χ0n) is 14.1. The maximum Gasteiger partial charge on any atom is 0.310 e. The summed E-state index contributed by atoms with van der Waals surface area (Å²) >= 11 is 0. The Balaban J connectivity index is 1.59. The maximum atomic E-state index is 13.0. The van der Waals surface area contributed by atoms with Crippen LogP contribution >= 0.6 is 0 Å². The van der Waals surface area contributed by atoms with Crippen LogP contribution in [0.25, 0.3) is 0 Å². The Morgan fingerprint density at radius 1 is 1.36 bits per heavy atom. The first-order valence-electron chi connectivity index (χ1n) is 8.52. The first-order chi connectivity index (χ1) is 12.1. The minimum absolute atomic E-state index is 0.171. The van der Waals surface area contributed by atoms with Crippen LogP contribution in [0.2, 0.25) is 0 Å². The van der Waals surface area contributed by atoms with Crippen molar-refractivity contribution >= 4 is 17.6 Å². The number of carbonyl (C=O) groups excluding carboxylic acids is 2. The highest BCUT2D eigenvalue weighted by atomic mass is 19.1. The van der Waals surface area contributed by atoms with Crippen molar-refractivity contribution in [1.82, 2.24) is 4.90 Å². The number of esters is 1. The van der Waals surface area contributed by atoms with Gasteiger partial charge in [-0.3, -0.25) is 9.59 Å². The van der Waals surface area contributed by atoms with Crippen molar-refractivity contribution in [2.24, 2.45) is 11.1 Å². The molecule has 2 aliphatic heterocycles. The molecule has 1 amide bonds. The van der Waals surface area contributed by atoms with E-state index in [2.05, 4.69) is 5.16 Å². The summed E-state index contributed by atoms with van der Waals surface area (Å²) in [7, 11) is 0. The largest absolute Gasteiger partial charge is 0.466 e. The molecule has 0 N–H and O–H groups in total. The molecule has 0 aromatic heterocycles. The van der Waals surface area contributed by atoms with Gasteiger partial charge >= 0.3 is 5.97 Å². The number of ether oxygens (including phenoxy) is 1. The summed E-state index contributed by atoms with van der Waals surface area (Å²) in [5, 5.41) is 3.97. The van der Waals surface area contributed by atoms with Gasteiger partial charge in [-0.15, -0.1) is 0 Å². The molecule has 25 heavy (non-hydrogen) atoms. The van der Waals surface area contributed by atoms with Gasteiger partial charge in [-0.25, -0.2) is 4.39 Å². The van der Waals surface area contributed by atoms with Crippen LogP contribution < -0.4 is 0 Å². The molecular weight excluding hydrogens is 327 g/mol. The molecular formula is C18H21FN2O4. The molecule has 2 heterocycles. The van der Waals surface area contributed by atoms with Crippen LogP contribution in [0.15, 0.2) is 29.4 Å². The van der Waals surface area contributed by atoms with Gasteiger partial charge in [0.1, 0.15) is 5.82 Å². The van der Waals surface area contributed by atoms with E-state index in [9.17, 15) is 14.0 Å². The smallest absolute Gasteiger partial charge is 0.310 e. The van der Waals surface area contributed by atoms with E-state index in [0.717, 1.165) is 18.4 Å². The molecule has 1 fully saturated rings. The minimum atomic E-state index is -0.694. The molecule has 3 rings (SSSR count). The molecule has 2 unspecified atom stereocenters. The monoisotopic (exact) mass is 348 g/mol. The number of hydrogen-bond donors (Lipinski definition) is 0. The highest BCUT2D eigenvalue weighted by Crippen LogP contribution is 2.23. The van der Waals surface area contributed by atoms with Crippen LogP contribution in [-0.4, -0.2) is 48.3 Å². The molecule has 2 atom stereocenters. The van der Waals surface area contributed by atoms with Crippen LogP contribution in [0.1, 0.15) is 31.7 Å². The third-order valence-corrected chi connectivity index (χ3v) is 4.47. The Labute approximate surface area is 145 Å². The minimum Gasteiger partial charge on any atom is -0.466 e. The Morgan fingerprint density at radius 3 is 2.84 bits per heavy atom. The Hall–Kier alpha value is -2.44. The molecule has 7 heteroatoms. The Kier molecular flexibility index (Phi) is 5.31. The fourth-order valence-electron chi connectivity index (χ4n) is 3.16. The van der Waals surface area contributed by atoms with Gasteiger partial charge in [-0.1, -0.05) is 17.3 Å². The quantitative estimate of drug-likeness (QED) is 0.782. The van der Waals surface area contributed by atoms with E-state index in [1.165, 1.54) is 12.1 Å². The normalized spacial score (nSPS) is 23.0. The van der Waals surface area contributed by atoms with Crippen molar-refractivity contribution in [3.8, 4) is 0 Å². The zero-order valence-corrected chi connectivity index (χ0v) is 14.1. The second kappa shape index (κ2) is 7.63. The fraction of sp³-hybridized carbons (Fsp3) is 0.500. The second-order valence-corrected chi connectivity index (χ2v) is 6.22. The summed E-state index contributed by atoms with van der Waals surface area (Å²) in [6, 6.07) is 5.92. The molecule has 2 aliphatic rings. The number of likely N-dealkylation sites (tertiary alicyclic amines) is 1. The van der Waals surface area contributed by atoms with Gasteiger partial charge in [0.25, 0.3) is 5.91 Å². The lowest BCUT2D eigenvalue weighted by atomic mass is 9.97. The number of hydrogen-bond acceptors (Lipinski definition) is 5. The average molecular weight is 348 g/mol. The first kappa shape index (κ1) is 17.4.